The molecule has 0 spiro atoms. The van der Waals surface area contributed by atoms with E-state index < -0.39 is 0 Å². The monoisotopic (exact) mass is 226 g/mol. The molecule has 1 unspecified atom stereocenters. The van der Waals surface area contributed by atoms with Crippen molar-refractivity contribution in [3.8, 4) is 0 Å². The molecular formula is C14H30N2. The van der Waals surface area contributed by atoms with E-state index in [0.29, 0.717) is 0 Å². The van der Waals surface area contributed by atoms with Gasteiger partial charge in [0, 0.05) is 12.1 Å². The molecule has 2 heteroatoms. The van der Waals surface area contributed by atoms with Crippen LogP contribution in [0.5, 0.6) is 0 Å². The number of rotatable bonds is 4. The summed E-state index contributed by atoms with van der Waals surface area (Å²) in [5.41, 5.74) is 6.26. The topological polar surface area (TPSA) is 29.3 Å². The van der Waals surface area contributed by atoms with Crippen LogP contribution in [0, 0.1) is 5.92 Å². The minimum absolute atomic E-state index is 0.228. The Bertz CT molecular complexity index is 183. The third kappa shape index (κ3) is 4.06. The minimum Gasteiger partial charge on any atom is -0.329 e. The Morgan fingerprint density at radius 3 is 2.00 bits per heavy atom. The second-order valence-electron chi connectivity index (χ2n) is 6.05. The van der Waals surface area contributed by atoms with E-state index in [1.807, 2.05) is 0 Å². The SMILES string of the molecule is CC(C)CC(C)(CN)N1CCCCCCC1. The van der Waals surface area contributed by atoms with Gasteiger partial charge < -0.3 is 5.73 Å². The third-order valence-corrected chi connectivity index (χ3v) is 3.91. The van der Waals surface area contributed by atoms with Crippen molar-refractivity contribution in [1.82, 2.24) is 4.90 Å². The van der Waals surface area contributed by atoms with Crippen LogP contribution in [0.2, 0.25) is 0 Å². The maximum absolute atomic E-state index is 6.03. The Kier molecular flexibility index (Phi) is 5.77. The van der Waals surface area contributed by atoms with Gasteiger partial charge in [0.15, 0.2) is 0 Å². The minimum atomic E-state index is 0.228. The highest BCUT2D eigenvalue weighted by molar-refractivity contribution is 4.88. The fraction of sp³-hybridized carbons (Fsp3) is 1.00. The molecule has 0 aliphatic carbocycles. The van der Waals surface area contributed by atoms with Crippen molar-refractivity contribution in [3.63, 3.8) is 0 Å². The summed E-state index contributed by atoms with van der Waals surface area (Å²) < 4.78 is 0. The number of nitrogens with two attached hydrogens (primary N) is 1. The molecule has 1 heterocycles. The summed E-state index contributed by atoms with van der Waals surface area (Å²) >= 11 is 0. The first-order chi connectivity index (χ1) is 7.58. The van der Waals surface area contributed by atoms with E-state index in [4.69, 9.17) is 5.73 Å². The molecule has 1 rings (SSSR count). The van der Waals surface area contributed by atoms with Crippen LogP contribution in [0.4, 0.5) is 0 Å². The molecule has 96 valence electrons. The van der Waals surface area contributed by atoms with Gasteiger partial charge in [0.25, 0.3) is 0 Å². The first kappa shape index (κ1) is 14.0. The standard InChI is InChI=1S/C14H30N2/c1-13(2)11-14(3,12-15)16-9-7-5-4-6-8-10-16/h13H,4-12,15H2,1-3H3. The van der Waals surface area contributed by atoms with Gasteiger partial charge in [0.1, 0.15) is 0 Å². The lowest BCUT2D eigenvalue weighted by molar-refractivity contribution is 0.0798. The average Bonchev–Trinajstić information content (AvgIpc) is 2.15. The number of likely N-dealkylation sites (tertiary alicyclic amines) is 1. The molecule has 16 heavy (non-hydrogen) atoms. The quantitative estimate of drug-likeness (QED) is 0.798. The summed E-state index contributed by atoms with van der Waals surface area (Å²) in [7, 11) is 0. The van der Waals surface area contributed by atoms with Gasteiger partial charge in [-0.15, -0.1) is 0 Å². The lowest BCUT2D eigenvalue weighted by atomic mass is 9.88. The predicted octanol–water partition coefficient (Wildman–Crippen LogP) is 3.02. The van der Waals surface area contributed by atoms with Crippen LogP contribution in [-0.4, -0.2) is 30.1 Å². The first-order valence-electron chi connectivity index (χ1n) is 7.03. The van der Waals surface area contributed by atoms with E-state index in [0.717, 1.165) is 12.5 Å². The molecule has 0 aromatic heterocycles. The Balaban J connectivity index is 2.60. The summed E-state index contributed by atoms with van der Waals surface area (Å²) in [5, 5.41) is 0. The fourth-order valence-electron chi connectivity index (χ4n) is 3.01. The van der Waals surface area contributed by atoms with Crippen molar-refractivity contribution in [1.29, 1.82) is 0 Å². The fourth-order valence-corrected chi connectivity index (χ4v) is 3.01. The normalized spacial score (nSPS) is 23.8. The third-order valence-electron chi connectivity index (χ3n) is 3.91. The Hall–Kier alpha value is -0.0800. The summed E-state index contributed by atoms with van der Waals surface area (Å²) in [5.74, 6) is 0.735. The van der Waals surface area contributed by atoms with E-state index in [9.17, 15) is 0 Å². The van der Waals surface area contributed by atoms with Crippen LogP contribution >= 0.6 is 0 Å². The molecule has 1 saturated heterocycles. The highest BCUT2D eigenvalue weighted by atomic mass is 15.2. The molecule has 0 saturated carbocycles. The number of hydrogen-bond acceptors (Lipinski definition) is 2. The number of nitrogens with zero attached hydrogens (tertiary/aromatic N) is 1. The maximum atomic E-state index is 6.03. The van der Waals surface area contributed by atoms with Crippen LogP contribution < -0.4 is 5.73 Å². The van der Waals surface area contributed by atoms with E-state index >= 15 is 0 Å². The number of hydrogen-bond donors (Lipinski definition) is 1. The highest BCUT2D eigenvalue weighted by Crippen LogP contribution is 2.25. The van der Waals surface area contributed by atoms with Crippen LogP contribution in [0.3, 0.4) is 0 Å². The maximum Gasteiger partial charge on any atom is 0.0306 e. The van der Waals surface area contributed by atoms with Gasteiger partial charge in [-0.05, 0) is 45.2 Å². The van der Waals surface area contributed by atoms with Crippen LogP contribution in [0.25, 0.3) is 0 Å². The van der Waals surface area contributed by atoms with Crippen molar-refractivity contribution < 1.29 is 0 Å². The molecule has 0 bridgehead atoms. The molecule has 0 radical (unpaired) electrons. The van der Waals surface area contributed by atoms with Crippen LogP contribution in [0.15, 0.2) is 0 Å². The van der Waals surface area contributed by atoms with E-state index in [1.165, 1.54) is 51.6 Å². The lowest BCUT2D eigenvalue weighted by Crippen LogP contribution is -2.53. The Morgan fingerprint density at radius 1 is 1.06 bits per heavy atom. The van der Waals surface area contributed by atoms with Gasteiger partial charge in [0.2, 0.25) is 0 Å². The average molecular weight is 226 g/mol. The summed E-state index contributed by atoms with van der Waals surface area (Å²) in [6, 6.07) is 0. The van der Waals surface area contributed by atoms with E-state index in [-0.39, 0.29) is 5.54 Å². The largest absolute Gasteiger partial charge is 0.329 e. The van der Waals surface area contributed by atoms with Gasteiger partial charge >= 0.3 is 0 Å². The molecule has 0 aromatic carbocycles. The zero-order valence-electron chi connectivity index (χ0n) is 11.5. The first-order valence-corrected chi connectivity index (χ1v) is 7.03. The smallest absolute Gasteiger partial charge is 0.0306 e. The van der Waals surface area contributed by atoms with E-state index in [2.05, 4.69) is 25.7 Å². The van der Waals surface area contributed by atoms with Crippen molar-refractivity contribution in [2.24, 2.45) is 11.7 Å². The van der Waals surface area contributed by atoms with Crippen LogP contribution in [-0.2, 0) is 0 Å². The second-order valence-corrected chi connectivity index (χ2v) is 6.05. The van der Waals surface area contributed by atoms with E-state index in [1.54, 1.807) is 0 Å². The molecule has 2 N–H and O–H groups in total. The zero-order valence-corrected chi connectivity index (χ0v) is 11.5. The Labute approximate surface area is 102 Å². The molecule has 1 fully saturated rings. The highest BCUT2D eigenvalue weighted by Gasteiger charge is 2.30. The molecule has 0 amide bonds. The van der Waals surface area contributed by atoms with Gasteiger partial charge in [-0.25, -0.2) is 0 Å². The molecule has 0 aromatic rings. The van der Waals surface area contributed by atoms with Gasteiger partial charge in [-0.2, -0.15) is 0 Å². The lowest BCUT2D eigenvalue weighted by Gasteiger charge is -2.43. The van der Waals surface area contributed by atoms with Crippen LogP contribution in [0.1, 0.15) is 59.3 Å². The molecule has 1 aliphatic rings. The second kappa shape index (κ2) is 6.61. The van der Waals surface area contributed by atoms with Gasteiger partial charge in [-0.3, -0.25) is 4.90 Å². The van der Waals surface area contributed by atoms with Gasteiger partial charge in [0.05, 0.1) is 0 Å². The summed E-state index contributed by atoms with van der Waals surface area (Å²) in [6.07, 6.45) is 8.17. The van der Waals surface area contributed by atoms with Crippen molar-refractivity contribution in [3.05, 3.63) is 0 Å². The Morgan fingerprint density at radius 2 is 1.56 bits per heavy atom. The zero-order chi connectivity index (χ0) is 12.0. The van der Waals surface area contributed by atoms with Gasteiger partial charge in [-0.1, -0.05) is 33.1 Å². The predicted molar refractivity (Wildman–Crippen MR) is 71.6 cm³/mol. The summed E-state index contributed by atoms with van der Waals surface area (Å²) in [4.78, 5) is 2.66. The van der Waals surface area contributed by atoms with Crippen molar-refractivity contribution >= 4 is 0 Å². The molecular weight excluding hydrogens is 196 g/mol. The molecule has 1 atom stereocenters. The molecule has 1 aliphatic heterocycles. The summed E-state index contributed by atoms with van der Waals surface area (Å²) in [6.45, 7) is 10.3. The van der Waals surface area contributed by atoms with Crippen molar-refractivity contribution in [2.45, 2.75) is 64.8 Å². The van der Waals surface area contributed by atoms with Crippen molar-refractivity contribution in [2.75, 3.05) is 19.6 Å². The molecule has 2 nitrogen and oxygen atoms in total.